The molecule has 1 unspecified atom stereocenters. The third kappa shape index (κ3) is 3.20. The molecule has 3 heteroatoms. The van der Waals surface area contributed by atoms with Gasteiger partial charge in [-0.2, -0.15) is 5.10 Å². The molecule has 0 aliphatic carbocycles. The first kappa shape index (κ1) is 12.8. The van der Waals surface area contributed by atoms with Gasteiger partial charge in [0.15, 0.2) is 0 Å². The second kappa shape index (κ2) is 5.36. The summed E-state index contributed by atoms with van der Waals surface area (Å²) in [5.41, 5.74) is 11.4. The average molecular weight is 243 g/mol. The molecular weight excluding hydrogens is 222 g/mol. The Labute approximate surface area is 109 Å². The topological polar surface area (TPSA) is 43.8 Å². The lowest BCUT2D eigenvalue weighted by Crippen LogP contribution is -2.25. The van der Waals surface area contributed by atoms with Crippen LogP contribution in [0.4, 0.5) is 0 Å². The Hall–Kier alpha value is -1.61. The zero-order valence-corrected chi connectivity index (χ0v) is 11.4. The summed E-state index contributed by atoms with van der Waals surface area (Å²) in [7, 11) is 1.93. The summed E-state index contributed by atoms with van der Waals surface area (Å²) >= 11 is 0. The van der Waals surface area contributed by atoms with Crippen LogP contribution in [0.2, 0.25) is 0 Å². The number of hydrogen-bond acceptors (Lipinski definition) is 2. The number of nitrogens with zero attached hydrogens (tertiary/aromatic N) is 2. The predicted octanol–water partition coefficient (Wildman–Crippen LogP) is 2.15. The Bertz CT molecular complexity index is 528. The van der Waals surface area contributed by atoms with Gasteiger partial charge in [0.1, 0.15) is 0 Å². The highest BCUT2D eigenvalue weighted by atomic mass is 15.2. The summed E-state index contributed by atoms with van der Waals surface area (Å²) < 4.78 is 1.82. The van der Waals surface area contributed by atoms with Gasteiger partial charge in [-0.05, 0) is 48.9 Å². The standard InChI is InChI=1S/C15H21N3/c1-11-4-5-13(6-12(11)2)7-15(16)8-14-9-17-18(3)10-14/h4-6,9-10,15H,7-8,16H2,1-3H3. The van der Waals surface area contributed by atoms with Crippen LogP contribution < -0.4 is 5.73 Å². The molecule has 1 heterocycles. The van der Waals surface area contributed by atoms with Gasteiger partial charge in [0.05, 0.1) is 6.20 Å². The minimum atomic E-state index is 0.149. The van der Waals surface area contributed by atoms with Gasteiger partial charge >= 0.3 is 0 Å². The number of hydrogen-bond donors (Lipinski definition) is 1. The molecule has 2 aromatic rings. The van der Waals surface area contributed by atoms with E-state index in [4.69, 9.17) is 5.73 Å². The molecule has 0 amide bonds. The van der Waals surface area contributed by atoms with Crippen molar-refractivity contribution in [3.8, 4) is 0 Å². The second-order valence-corrected chi connectivity index (χ2v) is 5.11. The lowest BCUT2D eigenvalue weighted by molar-refractivity contribution is 0.663. The van der Waals surface area contributed by atoms with Crippen molar-refractivity contribution < 1.29 is 0 Å². The molecule has 2 rings (SSSR count). The molecule has 0 saturated heterocycles. The Morgan fingerprint density at radius 2 is 1.89 bits per heavy atom. The summed E-state index contributed by atoms with van der Waals surface area (Å²) in [6, 6.07) is 6.72. The van der Waals surface area contributed by atoms with Gasteiger partial charge in [0, 0.05) is 19.3 Å². The maximum atomic E-state index is 6.20. The largest absolute Gasteiger partial charge is 0.327 e. The van der Waals surface area contributed by atoms with E-state index in [1.54, 1.807) is 0 Å². The molecule has 1 aromatic heterocycles. The van der Waals surface area contributed by atoms with Gasteiger partial charge in [0.2, 0.25) is 0 Å². The van der Waals surface area contributed by atoms with Gasteiger partial charge in [-0.15, -0.1) is 0 Å². The maximum absolute atomic E-state index is 6.20. The molecule has 2 N–H and O–H groups in total. The van der Waals surface area contributed by atoms with E-state index in [0.717, 1.165) is 12.8 Å². The molecule has 1 atom stereocenters. The molecule has 0 fully saturated rings. The number of aromatic nitrogens is 2. The summed E-state index contributed by atoms with van der Waals surface area (Å²) in [5, 5.41) is 4.16. The van der Waals surface area contributed by atoms with E-state index >= 15 is 0 Å². The monoisotopic (exact) mass is 243 g/mol. The van der Waals surface area contributed by atoms with Crippen LogP contribution in [0.3, 0.4) is 0 Å². The predicted molar refractivity (Wildman–Crippen MR) is 74.5 cm³/mol. The fraction of sp³-hybridized carbons (Fsp3) is 0.400. The second-order valence-electron chi connectivity index (χ2n) is 5.11. The van der Waals surface area contributed by atoms with Crippen molar-refractivity contribution in [3.63, 3.8) is 0 Å². The van der Waals surface area contributed by atoms with Gasteiger partial charge in [-0.3, -0.25) is 4.68 Å². The molecule has 0 saturated carbocycles. The number of aryl methyl sites for hydroxylation is 3. The maximum Gasteiger partial charge on any atom is 0.0522 e. The minimum Gasteiger partial charge on any atom is -0.327 e. The van der Waals surface area contributed by atoms with Crippen LogP contribution in [0.1, 0.15) is 22.3 Å². The summed E-state index contributed by atoms with van der Waals surface area (Å²) in [4.78, 5) is 0. The van der Waals surface area contributed by atoms with Crippen LogP contribution in [0, 0.1) is 13.8 Å². The smallest absolute Gasteiger partial charge is 0.0522 e. The van der Waals surface area contributed by atoms with Crippen molar-refractivity contribution in [3.05, 3.63) is 52.8 Å². The minimum absolute atomic E-state index is 0.149. The van der Waals surface area contributed by atoms with Crippen LogP contribution in [0.5, 0.6) is 0 Å². The number of rotatable bonds is 4. The SMILES string of the molecule is Cc1ccc(CC(N)Cc2cnn(C)c2)cc1C. The lowest BCUT2D eigenvalue weighted by atomic mass is 9.98. The summed E-state index contributed by atoms with van der Waals surface area (Å²) in [6.45, 7) is 4.28. The molecular formula is C15H21N3. The lowest BCUT2D eigenvalue weighted by Gasteiger charge is -2.11. The Morgan fingerprint density at radius 3 is 2.50 bits per heavy atom. The van der Waals surface area contributed by atoms with E-state index in [1.165, 1.54) is 22.3 Å². The van der Waals surface area contributed by atoms with Crippen molar-refractivity contribution >= 4 is 0 Å². The first-order valence-electron chi connectivity index (χ1n) is 6.34. The highest BCUT2D eigenvalue weighted by Crippen LogP contribution is 2.12. The first-order chi connectivity index (χ1) is 8.54. The van der Waals surface area contributed by atoms with Crippen molar-refractivity contribution in [1.82, 2.24) is 9.78 Å². The molecule has 18 heavy (non-hydrogen) atoms. The summed E-state index contributed by atoms with van der Waals surface area (Å²) in [6.07, 6.45) is 5.71. The van der Waals surface area contributed by atoms with Crippen LogP contribution in [-0.4, -0.2) is 15.8 Å². The van der Waals surface area contributed by atoms with E-state index in [2.05, 4.69) is 37.1 Å². The van der Waals surface area contributed by atoms with E-state index < -0.39 is 0 Å². The quantitative estimate of drug-likeness (QED) is 0.894. The highest BCUT2D eigenvalue weighted by Gasteiger charge is 2.07. The molecule has 1 aromatic carbocycles. The Kier molecular flexibility index (Phi) is 3.82. The van der Waals surface area contributed by atoms with Crippen LogP contribution >= 0.6 is 0 Å². The van der Waals surface area contributed by atoms with Crippen LogP contribution in [0.15, 0.2) is 30.6 Å². The first-order valence-corrected chi connectivity index (χ1v) is 6.34. The van der Waals surface area contributed by atoms with Gasteiger partial charge in [0.25, 0.3) is 0 Å². The highest BCUT2D eigenvalue weighted by molar-refractivity contribution is 5.30. The van der Waals surface area contributed by atoms with Crippen molar-refractivity contribution in [1.29, 1.82) is 0 Å². The average Bonchev–Trinajstić information content (AvgIpc) is 2.69. The van der Waals surface area contributed by atoms with Crippen molar-refractivity contribution in [2.24, 2.45) is 12.8 Å². The number of nitrogens with two attached hydrogens (primary N) is 1. The van der Waals surface area contributed by atoms with Gasteiger partial charge in [-0.1, -0.05) is 18.2 Å². The molecule has 0 aliphatic rings. The zero-order chi connectivity index (χ0) is 13.1. The van der Waals surface area contributed by atoms with Crippen LogP contribution in [0.25, 0.3) is 0 Å². The molecule has 0 bridgehead atoms. The molecule has 96 valence electrons. The zero-order valence-electron chi connectivity index (χ0n) is 11.4. The Balaban J connectivity index is 1.98. The van der Waals surface area contributed by atoms with E-state index in [9.17, 15) is 0 Å². The third-order valence-electron chi connectivity index (χ3n) is 3.33. The molecule has 0 aliphatic heterocycles. The molecule has 3 nitrogen and oxygen atoms in total. The van der Waals surface area contributed by atoms with E-state index in [-0.39, 0.29) is 6.04 Å². The fourth-order valence-electron chi connectivity index (χ4n) is 2.19. The Morgan fingerprint density at radius 1 is 1.17 bits per heavy atom. The molecule has 0 radical (unpaired) electrons. The summed E-state index contributed by atoms with van der Waals surface area (Å²) in [5.74, 6) is 0. The van der Waals surface area contributed by atoms with Crippen molar-refractivity contribution in [2.45, 2.75) is 32.7 Å². The van der Waals surface area contributed by atoms with Gasteiger partial charge in [-0.25, -0.2) is 0 Å². The number of benzene rings is 1. The third-order valence-corrected chi connectivity index (χ3v) is 3.33. The van der Waals surface area contributed by atoms with Crippen molar-refractivity contribution in [2.75, 3.05) is 0 Å². The van der Waals surface area contributed by atoms with E-state index in [0.29, 0.717) is 0 Å². The fourth-order valence-corrected chi connectivity index (χ4v) is 2.19. The van der Waals surface area contributed by atoms with Crippen LogP contribution in [-0.2, 0) is 19.9 Å². The normalized spacial score (nSPS) is 12.7. The van der Waals surface area contributed by atoms with E-state index in [1.807, 2.05) is 24.1 Å². The molecule has 0 spiro atoms. The van der Waals surface area contributed by atoms with Gasteiger partial charge < -0.3 is 5.73 Å².